The summed E-state index contributed by atoms with van der Waals surface area (Å²) in [5.74, 6) is -0.0920. The van der Waals surface area contributed by atoms with Crippen molar-refractivity contribution in [2.24, 2.45) is 5.73 Å². The Morgan fingerprint density at radius 2 is 1.88 bits per heavy atom. The van der Waals surface area contributed by atoms with Crippen molar-refractivity contribution in [3.8, 4) is 0 Å². The van der Waals surface area contributed by atoms with Crippen molar-refractivity contribution in [1.82, 2.24) is 9.62 Å². The number of hydrogen-bond donors (Lipinski definition) is 2. The van der Waals surface area contributed by atoms with Crippen molar-refractivity contribution in [1.29, 1.82) is 0 Å². The van der Waals surface area contributed by atoms with Crippen molar-refractivity contribution in [3.63, 3.8) is 0 Å². The lowest BCUT2D eigenvalue weighted by molar-refractivity contribution is 0.0741. The summed E-state index contributed by atoms with van der Waals surface area (Å²) in [6.45, 7) is 6.49. The Labute approximate surface area is 150 Å². The number of nitrogens with zero attached hydrogens (tertiary/aromatic N) is 1. The summed E-state index contributed by atoms with van der Waals surface area (Å²) in [5, 5.41) is 0. The van der Waals surface area contributed by atoms with Crippen LogP contribution in [0.25, 0.3) is 0 Å². The van der Waals surface area contributed by atoms with Gasteiger partial charge in [0, 0.05) is 30.2 Å². The van der Waals surface area contributed by atoms with E-state index in [4.69, 9.17) is 5.73 Å². The molecule has 1 aromatic rings. The molecular weight excluding hydrogens is 350 g/mol. The third-order valence-electron chi connectivity index (χ3n) is 3.76. The van der Waals surface area contributed by atoms with Crippen molar-refractivity contribution in [2.45, 2.75) is 50.1 Å². The van der Waals surface area contributed by atoms with E-state index in [0.29, 0.717) is 18.7 Å². The van der Waals surface area contributed by atoms with Crippen LogP contribution in [0.1, 0.15) is 44.0 Å². The van der Waals surface area contributed by atoms with Gasteiger partial charge in [-0.1, -0.05) is 0 Å². The zero-order valence-corrected chi connectivity index (χ0v) is 15.9. The van der Waals surface area contributed by atoms with Gasteiger partial charge in [-0.05, 0) is 57.9 Å². The summed E-state index contributed by atoms with van der Waals surface area (Å²) in [4.78, 5) is 14.4. The van der Waals surface area contributed by atoms with Gasteiger partial charge in [0.05, 0.1) is 4.90 Å². The molecule has 1 aliphatic heterocycles. The molecule has 0 radical (unpaired) electrons. The Morgan fingerprint density at radius 1 is 1.29 bits per heavy atom. The van der Waals surface area contributed by atoms with E-state index >= 15 is 0 Å². The highest BCUT2D eigenvalue weighted by atomic mass is 35.5. The fraction of sp³-hybridized carbons (Fsp3) is 0.562. The van der Waals surface area contributed by atoms with Crippen molar-refractivity contribution < 1.29 is 13.2 Å². The topological polar surface area (TPSA) is 92.5 Å². The van der Waals surface area contributed by atoms with Crippen molar-refractivity contribution >= 4 is 28.3 Å². The maximum Gasteiger partial charge on any atom is 0.254 e. The van der Waals surface area contributed by atoms with Gasteiger partial charge in [0.1, 0.15) is 0 Å². The Morgan fingerprint density at radius 3 is 2.38 bits per heavy atom. The molecule has 2 rings (SSSR count). The van der Waals surface area contributed by atoms with Crippen LogP contribution >= 0.6 is 12.4 Å². The standard InChI is InChI=1S/C16H25N3O3S.ClH/c1-16(2,3)18-23(21,22)14-8-6-12(7-9-14)15(20)19-10-4-5-13(19)11-17;/h6-9,13,18H,4-5,10-11,17H2,1-3H3;1H. The van der Waals surface area contributed by atoms with Gasteiger partial charge < -0.3 is 10.6 Å². The highest BCUT2D eigenvalue weighted by molar-refractivity contribution is 7.89. The van der Waals surface area contributed by atoms with E-state index in [0.717, 1.165) is 12.8 Å². The van der Waals surface area contributed by atoms with Gasteiger partial charge in [-0.2, -0.15) is 0 Å². The van der Waals surface area contributed by atoms with Gasteiger partial charge in [0.2, 0.25) is 10.0 Å². The highest BCUT2D eigenvalue weighted by Crippen LogP contribution is 2.20. The van der Waals surface area contributed by atoms with Crippen LogP contribution in [0.3, 0.4) is 0 Å². The molecule has 1 aliphatic rings. The molecule has 1 aromatic carbocycles. The molecule has 1 heterocycles. The first-order valence-corrected chi connectivity index (χ1v) is 9.27. The number of carbonyl (C=O) groups excluding carboxylic acids is 1. The Hall–Kier alpha value is -1.15. The Kier molecular flexibility index (Phi) is 6.81. The predicted octanol–water partition coefficient (Wildman–Crippen LogP) is 1.75. The largest absolute Gasteiger partial charge is 0.334 e. The summed E-state index contributed by atoms with van der Waals surface area (Å²) in [7, 11) is -3.59. The molecule has 1 amide bonds. The normalized spacial score (nSPS) is 18.3. The molecule has 1 atom stereocenters. The van der Waals surface area contributed by atoms with Crippen molar-refractivity contribution in [2.75, 3.05) is 13.1 Å². The van der Waals surface area contributed by atoms with Crippen LogP contribution in [-0.2, 0) is 10.0 Å². The van der Waals surface area contributed by atoms with Crippen LogP contribution in [0.4, 0.5) is 0 Å². The van der Waals surface area contributed by atoms with Gasteiger partial charge in [-0.15, -0.1) is 12.4 Å². The molecule has 1 fully saturated rings. The second-order valence-electron chi connectivity index (χ2n) is 6.91. The van der Waals surface area contributed by atoms with Crippen LogP contribution in [0.2, 0.25) is 0 Å². The van der Waals surface area contributed by atoms with E-state index in [9.17, 15) is 13.2 Å². The van der Waals surface area contributed by atoms with Gasteiger partial charge in [0.25, 0.3) is 5.91 Å². The molecule has 24 heavy (non-hydrogen) atoms. The van der Waals surface area contributed by atoms with E-state index in [-0.39, 0.29) is 29.3 Å². The number of nitrogens with two attached hydrogens (primary N) is 1. The molecule has 0 aromatic heterocycles. The monoisotopic (exact) mass is 375 g/mol. The van der Waals surface area contributed by atoms with Crippen LogP contribution < -0.4 is 10.5 Å². The number of hydrogen-bond acceptors (Lipinski definition) is 4. The number of likely N-dealkylation sites (tertiary alicyclic amines) is 1. The molecule has 1 saturated heterocycles. The first kappa shape index (κ1) is 20.9. The minimum absolute atomic E-state index is 0. The van der Waals surface area contributed by atoms with E-state index in [1.807, 2.05) is 0 Å². The highest BCUT2D eigenvalue weighted by Gasteiger charge is 2.28. The molecule has 0 spiro atoms. The number of halogens is 1. The molecule has 136 valence electrons. The van der Waals surface area contributed by atoms with Crippen molar-refractivity contribution in [3.05, 3.63) is 29.8 Å². The van der Waals surface area contributed by atoms with Gasteiger partial charge in [-0.3, -0.25) is 4.79 Å². The molecule has 0 aliphatic carbocycles. The smallest absolute Gasteiger partial charge is 0.254 e. The zero-order valence-electron chi connectivity index (χ0n) is 14.3. The summed E-state index contributed by atoms with van der Waals surface area (Å²) in [6.07, 6.45) is 1.87. The van der Waals surface area contributed by atoms with Gasteiger partial charge in [0.15, 0.2) is 0 Å². The quantitative estimate of drug-likeness (QED) is 0.838. The molecule has 0 bridgehead atoms. The van der Waals surface area contributed by atoms with E-state index in [1.165, 1.54) is 12.1 Å². The molecule has 6 nitrogen and oxygen atoms in total. The predicted molar refractivity (Wildman–Crippen MR) is 96.9 cm³/mol. The lowest BCUT2D eigenvalue weighted by Crippen LogP contribution is -2.40. The minimum atomic E-state index is -3.59. The lowest BCUT2D eigenvalue weighted by atomic mass is 10.1. The Bertz CT molecular complexity index is 669. The average Bonchev–Trinajstić information content (AvgIpc) is 2.92. The Balaban J connectivity index is 0.00000288. The first-order valence-electron chi connectivity index (χ1n) is 7.79. The maximum absolute atomic E-state index is 12.5. The zero-order chi connectivity index (χ0) is 17.3. The second kappa shape index (κ2) is 7.82. The number of benzene rings is 1. The third-order valence-corrected chi connectivity index (χ3v) is 5.54. The molecular formula is C16H26ClN3O3S. The summed E-state index contributed by atoms with van der Waals surface area (Å²) in [5.41, 5.74) is 5.63. The van der Waals surface area contributed by atoms with Crippen LogP contribution in [0, 0.1) is 0 Å². The van der Waals surface area contributed by atoms with E-state index in [2.05, 4.69) is 4.72 Å². The number of nitrogens with one attached hydrogen (secondary N) is 1. The third kappa shape index (κ3) is 4.92. The van der Waals surface area contributed by atoms with E-state index in [1.54, 1.807) is 37.8 Å². The summed E-state index contributed by atoms with van der Waals surface area (Å²) < 4.78 is 27.1. The fourth-order valence-corrected chi connectivity index (χ4v) is 4.17. The van der Waals surface area contributed by atoms with Crippen LogP contribution in [0.5, 0.6) is 0 Å². The maximum atomic E-state index is 12.5. The summed E-state index contributed by atoms with van der Waals surface area (Å²) in [6, 6.07) is 6.13. The summed E-state index contributed by atoms with van der Waals surface area (Å²) >= 11 is 0. The average molecular weight is 376 g/mol. The van der Waals surface area contributed by atoms with Gasteiger partial charge in [-0.25, -0.2) is 13.1 Å². The first-order chi connectivity index (χ1) is 10.6. The number of carbonyl (C=O) groups is 1. The number of rotatable bonds is 4. The van der Waals surface area contributed by atoms with E-state index < -0.39 is 15.6 Å². The van der Waals surface area contributed by atoms with Crippen LogP contribution in [-0.4, -0.2) is 43.9 Å². The molecule has 8 heteroatoms. The van der Waals surface area contributed by atoms with Crippen LogP contribution in [0.15, 0.2) is 29.2 Å². The SMILES string of the molecule is CC(C)(C)NS(=O)(=O)c1ccc(C(=O)N2CCCC2CN)cc1.Cl. The van der Waals surface area contributed by atoms with Gasteiger partial charge >= 0.3 is 0 Å². The fourth-order valence-electron chi connectivity index (χ4n) is 2.75. The second-order valence-corrected chi connectivity index (χ2v) is 8.59. The molecule has 3 N–H and O–H groups in total. The lowest BCUT2D eigenvalue weighted by Gasteiger charge is -2.24. The molecule has 0 saturated carbocycles. The number of sulfonamides is 1. The minimum Gasteiger partial charge on any atom is -0.334 e. The molecule has 1 unspecified atom stereocenters. The number of amides is 1.